The van der Waals surface area contributed by atoms with Crippen molar-refractivity contribution in [1.29, 1.82) is 0 Å². The van der Waals surface area contributed by atoms with Crippen molar-refractivity contribution in [2.24, 2.45) is 0 Å². The molecule has 0 N–H and O–H groups in total. The highest BCUT2D eigenvalue weighted by molar-refractivity contribution is 5.72. The molecule has 0 atom stereocenters. The number of rotatable bonds is 5. The summed E-state index contributed by atoms with van der Waals surface area (Å²) in [5.74, 6) is -0.174. The maximum absolute atomic E-state index is 11.2. The van der Waals surface area contributed by atoms with Gasteiger partial charge in [-0.2, -0.15) is 0 Å². The van der Waals surface area contributed by atoms with Gasteiger partial charge >= 0.3 is 5.97 Å². The molecule has 0 bridgehead atoms. The number of carbonyl (C=O) groups excluding carboxylic acids is 1. The van der Waals surface area contributed by atoms with Gasteiger partial charge in [-0.25, -0.2) is 0 Å². The topological polar surface area (TPSA) is 26.3 Å². The van der Waals surface area contributed by atoms with Crippen LogP contribution in [0.5, 0.6) is 0 Å². The molecule has 0 saturated heterocycles. The number of esters is 1. The third kappa shape index (κ3) is 3.37. The summed E-state index contributed by atoms with van der Waals surface area (Å²) in [6, 6.07) is 6.29. The molecule has 0 unspecified atom stereocenters. The van der Waals surface area contributed by atoms with Crippen LogP contribution in [0.1, 0.15) is 37.0 Å². The van der Waals surface area contributed by atoms with Crippen molar-refractivity contribution in [3.63, 3.8) is 0 Å². The molecular weight excluding hydrogens is 200 g/mol. The van der Waals surface area contributed by atoms with Crippen LogP contribution in [0.4, 0.5) is 0 Å². The Labute approximate surface area is 97.6 Å². The molecule has 1 rings (SSSR count). The average molecular weight is 220 g/mol. The van der Waals surface area contributed by atoms with E-state index >= 15 is 0 Å². The van der Waals surface area contributed by atoms with Crippen molar-refractivity contribution in [2.45, 2.75) is 39.5 Å². The minimum atomic E-state index is -0.174. The molecule has 0 aliphatic rings. The zero-order chi connectivity index (χ0) is 12.0. The lowest BCUT2D eigenvalue weighted by molar-refractivity contribution is -0.139. The Bertz CT molecular complexity index is 356. The second-order valence-electron chi connectivity index (χ2n) is 3.96. The van der Waals surface area contributed by atoms with E-state index in [0.29, 0.717) is 6.42 Å². The predicted molar refractivity (Wildman–Crippen MR) is 65.5 cm³/mol. The summed E-state index contributed by atoms with van der Waals surface area (Å²) in [5, 5.41) is 0. The number of benzene rings is 1. The third-order valence-corrected chi connectivity index (χ3v) is 2.75. The first-order valence-electron chi connectivity index (χ1n) is 5.88. The van der Waals surface area contributed by atoms with E-state index in [2.05, 4.69) is 30.7 Å². The summed E-state index contributed by atoms with van der Waals surface area (Å²) in [5.41, 5.74) is 3.80. The molecule has 0 aliphatic carbocycles. The van der Waals surface area contributed by atoms with Crippen molar-refractivity contribution >= 4 is 5.97 Å². The fourth-order valence-corrected chi connectivity index (χ4v) is 1.88. The summed E-state index contributed by atoms with van der Waals surface area (Å²) in [4.78, 5) is 11.2. The summed E-state index contributed by atoms with van der Waals surface area (Å²) >= 11 is 0. The number of hydrogen-bond donors (Lipinski definition) is 0. The normalized spacial score (nSPS) is 10.2. The molecular formula is C14H20O2. The summed E-state index contributed by atoms with van der Waals surface area (Å²) in [6.07, 6.45) is 3.64. The maximum atomic E-state index is 11.2. The second kappa shape index (κ2) is 6.31. The first-order chi connectivity index (χ1) is 7.71. The average Bonchev–Trinajstić information content (AvgIpc) is 2.30. The number of methoxy groups -OCH3 is 1. The van der Waals surface area contributed by atoms with Crippen molar-refractivity contribution < 1.29 is 9.53 Å². The van der Waals surface area contributed by atoms with E-state index in [1.54, 1.807) is 0 Å². The van der Waals surface area contributed by atoms with Gasteiger partial charge in [0.05, 0.1) is 13.5 Å². The monoisotopic (exact) mass is 220 g/mol. The van der Waals surface area contributed by atoms with Crippen molar-refractivity contribution in [1.82, 2.24) is 0 Å². The molecule has 0 saturated carbocycles. The molecule has 0 aliphatic heterocycles. The fraction of sp³-hybridized carbons (Fsp3) is 0.500. The number of carbonyl (C=O) groups is 1. The Morgan fingerprint density at radius 3 is 2.56 bits per heavy atom. The summed E-state index contributed by atoms with van der Waals surface area (Å²) in [6.45, 7) is 4.33. The SMILES string of the molecule is CCCc1cc(CC(=O)OC)ccc1CC. The van der Waals surface area contributed by atoms with Crippen LogP contribution < -0.4 is 0 Å². The highest BCUT2D eigenvalue weighted by atomic mass is 16.5. The van der Waals surface area contributed by atoms with Gasteiger partial charge in [-0.1, -0.05) is 38.5 Å². The van der Waals surface area contributed by atoms with Crippen LogP contribution in [-0.2, 0) is 28.8 Å². The van der Waals surface area contributed by atoms with E-state index in [-0.39, 0.29) is 5.97 Å². The standard InChI is InChI=1S/C14H20O2/c1-4-6-13-9-11(10-14(15)16-3)7-8-12(13)5-2/h7-9H,4-6,10H2,1-3H3. The van der Waals surface area contributed by atoms with Crippen LogP contribution in [0.2, 0.25) is 0 Å². The Balaban J connectivity index is 2.88. The minimum Gasteiger partial charge on any atom is -0.469 e. The van der Waals surface area contributed by atoms with Gasteiger partial charge in [0.15, 0.2) is 0 Å². The van der Waals surface area contributed by atoms with E-state index in [9.17, 15) is 4.79 Å². The lowest BCUT2D eigenvalue weighted by Gasteiger charge is -2.09. The van der Waals surface area contributed by atoms with Crippen LogP contribution in [-0.4, -0.2) is 13.1 Å². The maximum Gasteiger partial charge on any atom is 0.309 e. The molecule has 16 heavy (non-hydrogen) atoms. The van der Waals surface area contributed by atoms with Crippen molar-refractivity contribution in [3.05, 3.63) is 34.9 Å². The van der Waals surface area contributed by atoms with Crippen LogP contribution in [0.15, 0.2) is 18.2 Å². The smallest absolute Gasteiger partial charge is 0.309 e. The number of ether oxygens (including phenoxy) is 1. The molecule has 0 radical (unpaired) electrons. The Morgan fingerprint density at radius 2 is 2.00 bits per heavy atom. The lowest BCUT2D eigenvalue weighted by atomic mass is 9.97. The fourth-order valence-electron chi connectivity index (χ4n) is 1.88. The quantitative estimate of drug-likeness (QED) is 0.713. The molecule has 0 spiro atoms. The zero-order valence-corrected chi connectivity index (χ0v) is 10.4. The van der Waals surface area contributed by atoms with Gasteiger partial charge in [0.1, 0.15) is 0 Å². The second-order valence-corrected chi connectivity index (χ2v) is 3.96. The van der Waals surface area contributed by atoms with E-state index in [4.69, 9.17) is 0 Å². The first-order valence-corrected chi connectivity index (χ1v) is 5.88. The molecule has 1 aromatic carbocycles. The van der Waals surface area contributed by atoms with Gasteiger partial charge in [0.2, 0.25) is 0 Å². The number of hydrogen-bond acceptors (Lipinski definition) is 2. The molecule has 0 heterocycles. The van der Waals surface area contributed by atoms with Gasteiger partial charge in [-0.15, -0.1) is 0 Å². The van der Waals surface area contributed by atoms with Crippen LogP contribution >= 0.6 is 0 Å². The van der Waals surface area contributed by atoms with Gasteiger partial charge in [-0.3, -0.25) is 4.79 Å². The van der Waals surface area contributed by atoms with Crippen LogP contribution in [0.3, 0.4) is 0 Å². The molecule has 88 valence electrons. The van der Waals surface area contributed by atoms with E-state index in [0.717, 1.165) is 24.8 Å². The molecule has 0 aromatic heterocycles. The Hall–Kier alpha value is -1.31. The number of aryl methyl sites for hydroxylation is 2. The third-order valence-electron chi connectivity index (χ3n) is 2.75. The zero-order valence-electron chi connectivity index (χ0n) is 10.4. The molecule has 0 amide bonds. The Morgan fingerprint density at radius 1 is 1.25 bits per heavy atom. The van der Waals surface area contributed by atoms with Crippen molar-refractivity contribution in [2.75, 3.05) is 7.11 Å². The van der Waals surface area contributed by atoms with Crippen LogP contribution in [0, 0.1) is 0 Å². The predicted octanol–water partition coefficient (Wildman–Crippen LogP) is 2.92. The minimum absolute atomic E-state index is 0.174. The summed E-state index contributed by atoms with van der Waals surface area (Å²) in [7, 11) is 1.43. The molecule has 1 aromatic rings. The van der Waals surface area contributed by atoms with E-state index in [1.165, 1.54) is 18.2 Å². The van der Waals surface area contributed by atoms with Crippen LogP contribution in [0.25, 0.3) is 0 Å². The largest absolute Gasteiger partial charge is 0.469 e. The van der Waals surface area contributed by atoms with E-state index < -0.39 is 0 Å². The van der Waals surface area contributed by atoms with Gasteiger partial charge in [0, 0.05) is 0 Å². The van der Waals surface area contributed by atoms with Crippen molar-refractivity contribution in [3.8, 4) is 0 Å². The molecule has 0 fully saturated rings. The summed E-state index contributed by atoms with van der Waals surface area (Å²) < 4.78 is 4.67. The lowest BCUT2D eigenvalue weighted by Crippen LogP contribution is -2.05. The highest BCUT2D eigenvalue weighted by Crippen LogP contribution is 2.15. The van der Waals surface area contributed by atoms with E-state index in [1.807, 2.05) is 6.07 Å². The van der Waals surface area contributed by atoms with Gasteiger partial charge < -0.3 is 4.74 Å². The first kappa shape index (κ1) is 12.8. The van der Waals surface area contributed by atoms with Gasteiger partial charge in [0.25, 0.3) is 0 Å². The molecule has 2 heteroatoms. The highest BCUT2D eigenvalue weighted by Gasteiger charge is 2.06. The van der Waals surface area contributed by atoms with Gasteiger partial charge in [-0.05, 0) is 29.5 Å². The molecule has 2 nitrogen and oxygen atoms in total. The Kier molecular flexibility index (Phi) is 5.03.